The van der Waals surface area contributed by atoms with Crippen LogP contribution in [0.2, 0.25) is 0 Å². The van der Waals surface area contributed by atoms with E-state index in [9.17, 15) is 18.0 Å². The molecule has 0 saturated carbocycles. The predicted molar refractivity (Wildman–Crippen MR) is 159 cm³/mol. The van der Waals surface area contributed by atoms with E-state index < -0.39 is 10.0 Å². The summed E-state index contributed by atoms with van der Waals surface area (Å²) in [6.45, 7) is 5.15. The lowest BCUT2D eigenvalue weighted by atomic mass is 10.0. The molecule has 0 spiro atoms. The predicted octanol–water partition coefficient (Wildman–Crippen LogP) is 3.40. The van der Waals surface area contributed by atoms with Crippen molar-refractivity contribution in [1.29, 1.82) is 0 Å². The number of nitrogens with one attached hydrogen (secondary N) is 2. The average molecular weight is 582 g/mol. The number of rotatable bonds is 8. The lowest BCUT2D eigenvalue weighted by Gasteiger charge is -2.29. The first-order chi connectivity index (χ1) is 19.7. The van der Waals surface area contributed by atoms with Crippen LogP contribution in [0.3, 0.4) is 0 Å². The van der Waals surface area contributed by atoms with Crippen LogP contribution in [0.1, 0.15) is 60.5 Å². The third-order valence-corrected chi connectivity index (χ3v) is 7.53. The molecule has 3 aromatic rings. The molecule has 2 amide bonds. The number of fused-ring (bicyclic) bond motifs is 1. The van der Waals surface area contributed by atoms with Crippen molar-refractivity contribution in [3.8, 4) is 0 Å². The Bertz CT molecular complexity index is 1430. The second kappa shape index (κ2) is 14.2. The highest BCUT2D eigenvalue weighted by molar-refractivity contribution is 7.92. The van der Waals surface area contributed by atoms with Gasteiger partial charge in [-0.25, -0.2) is 8.42 Å². The molecule has 0 aliphatic carbocycles. The van der Waals surface area contributed by atoms with Crippen LogP contribution in [0.4, 0.5) is 11.5 Å². The first-order valence-corrected chi connectivity index (χ1v) is 15.9. The maximum Gasteiger partial charge on any atom is 0.251 e. The van der Waals surface area contributed by atoms with Gasteiger partial charge in [0.05, 0.1) is 12.8 Å². The minimum absolute atomic E-state index is 0.0109. The SMILES string of the molecule is CC(=O)N1CCCCCCCN(Cc2cccnc2)Cc2cc(C(=O)NCCn3ccc(NS(C)(=O)=O)n3)ccc21. The Morgan fingerprint density at radius 1 is 1.02 bits per heavy atom. The molecule has 11 nitrogen and oxygen atoms in total. The standard InChI is InChI=1S/C29H39N7O4S/c1-23(37)36-16-7-5-3-4-6-15-34(21-24-9-8-13-30-20-24)22-26-19-25(10-11-27(26)36)29(38)31-14-18-35-17-12-28(32-35)33-41(2,39)40/h8-13,17,19-20H,3-7,14-16,18,21-22H2,1-2H3,(H,31,38)(H,32,33). The van der Waals surface area contributed by atoms with E-state index in [-0.39, 0.29) is 17.6 Å². The molecular formula is C29H39N7O4S. The van der Waals surface area contributed by atoms with Crippen molar-refractivity contribution in [1.82, 2.24) is 25.0 Å². The number of sulfonamides is 1. The first kappa shape index (κ1) is 30.2. The number of hydrogen-bond acceptors (Lipinski definition) is 7. The number of carbonyl (C=O) groups excluding carboxylic acids is 2. The number of nitrogens with zero attached hydrogens (tertiary/aromatic N) is 5. The summed E-state index contributed by atoms with van der Waals surface area (Å²) in [6.07, 6.45) is 11.7. The highest BCUT2D eigenvalue weighted by atomic mass is 32.2. The number of carbonyl (C=O) groups is 2. The number of anilines is 2. The van der Waals surface area contributed by atoms with Gasteiger partial charge in [0.2, 0.25) is 15.9 Å². The van der Waals surface area contributed by atoms with Gasteiger partial charge in [-0.3, -0.25) is 28.9 Å². The zero-order chi connectivity index (χ0) is 29.2. The van der Waals surface area contributed by atoms with E-state index in [1.807, 2.05) is 29.3 Å². The smallest absolute Gasteiger partial charge is 0.251 e. The van der Waals surface area contributed by atoms with Crippen LogP contribution in [-0.2, 0) is 34.5 Å². The molecule has 2 N–H and O–H groups in total. The van der Waals surface area contributed by atoms with Crippen molar-refractivity contribution < 1.29 is 18.0 Å². The Kier molecular flexibility index (Phi) is 10.5. The fourth-order valence-electron chi connectivity index (χ4n) is 5.02. The summed E-state index contributed by atoms with van der Waals surface area (Å²) >= 11 is 0. The molecular weight excluding hydrogens is 542 g/mol. The average Bonchev–Trinajstić information content (AvgIpc) is 3.35. The molecule has 0 unspecified atom stereocenters. The van der Waals surface area contributed by atoms with Crippen molar-refractivity contribution in [2.75, 3.05) is 35.5 Å². The van der Waals surface area contributed by atoms with Gasteiger partial charge in [0.25, 0.3) is 5.91 Å². The van der Waals surface area contributed by atoms with Crippen LogP contribution >= 0.6 is 0 Å². The van der Waals surface area contributed by atoms with Crippen molar-refractivity contribution in [2.24, 2.45) is 0 Å². The number of hydrogen-bond donors (Lipinski definition) is 2. The van der Waals surface area contributed by atoms with Gasteiger partial charge in [0, 0.05) is 69.0 Å². The molecule has 12 heteroatoms. The highest BCUT2D eigenvalue weighted by Crippen LogP contribution is 2.26. The molecule has 0 radical (unpaired) electrons. The van der Waals surface area contributed by atoms with Crippen molar-refractivity contribution in [3.05, 3.63) is 71.7 Å². The summed E-state index contributed by atoms with van der Waals surface area (Å²) in [5.41, 5.74) is 3.40. The third-order valence-electron chi connectivity index (χ3n) is 6.95. The Morgan fingerprint density at radius 3 is 2.54 bits per heavy atom. The van der Waals surface area contributed by atoms with E-state index in [2.05, 4.69) is 31.1 Å². The number of aromatic nitrogens is 3. The van der Waals surface area contributed by atoms with E-state index in [1.165, 1.54) is 0 Å². The summed E-state index contributed by atoms with van der Waals surface area (Å²) in [4.78, 5) is 34.3. The van der Waals surface area contributed by atoms with Gasteiger partial charge >= 0.3 is 0 Å². The summed E-state index contributed by atoms with van der Waals surface area (Å²) in [7, 11) is -3.41. The zero-order valence-electron chi connectivity index (χ0n) is 23.8. The monoisotopic (exact) mass is 581 g/mol. The van der Waals surface area contributed by atoms with Crippen LogP contribution in [0, 0.1) is 0 Å². The molecule has 0 fully saturated rings. The van der Waals surface area contributed by atoms with Gasteiger partial charge < -0.3 is 10.2 Å². The normalized spacial score (nSPS) is 15.3. The van der Waals surface area contributed by atoms with E-state index in [0.717, 1.165) is 68.3 Å². The van der Waals surface area contributed by atoms with Crippen LogP contribution in [0.5, 0.6) is 0 Å². The third kappa shape index (κ3) is 9.39. The summed E-state index contributed by atoms with van der Waals surface area (Å²) < 4.78 is 26.7. The molecule has 4 rings (SSSR count). The zero-order valence-corrected chi connectivity index (χ0v) is 24.6. The van der Waals surface area contributed by atoms with Crippen LogP contribution in [-0.4, -0.2) is 65.8 Å². The Labute approximate surface area is 242 Å². The molecule has 1 aliphatic heterocycles. The second-order valence-corrected chi connectivity index (χ2v) is 12.2. The van der Waals surface area contributed by atoms with Crippen molar-refractivity contribution >= 4 is 33.3 Å². The van der Waals surface area contributed by atoms with Gasteiger partial charge in [0.1, 0.15) is 0 Å². The molecule has 220 valence electrons. The molecule has 0 atom stereocenters. The second-order valence-electron chi connectivity index (χ2n) is 10.4. The molecule has 0 bridgehead atoms. The Balaban J connectivity index is 1.52. The number of benzene rings is 1. The van der Waals surface area contributed by atoms with E-state index in [1.54, 1.807) is 36.1 Å². The van der Waals surface area contributed by atoms with Gasteiger partial charge in [-0.15, -0.1) is 0 Å². The van der Waals surface area contributed by atoms with Gasteiger partial charge in [-0.2, -0.15) is 5.10 Å². The van der Waals surface area contributed by atoms with Crippen molar-refractivity contribution in [2.45, 2.75) is 58.7 Å². The Morgan fingerprint density at radius 2 is 1.80 bits per heavy atom. The minimum Gasteiger partial charge on any atom is -0.350 e. The van der Waals surface area contributed by atoms with Gasteiger partial charge in [0.15, 0.2) is 5.82 Å². The van der Waals surface area contributed by atoms with Crippen molar-refractivity contribution in [3.63, 3.8) is 0 Å². The lowest BCUT2D eigenvalue weighted by Crippen LogP contribution is -2.33. The summed E-state index contributed by atoms with van der Waals surface area (Å²) in [5, 5.41) is 7.09. The fraction of sp³-hybridized carbons (Fsp3) is 0.448. The Hall–Kier alpha value is -3.77. The molecule has 3 heterocycles. The largest absolute Gasteiger partial charge is 0.350 e. The van der Waals surface area contributed by atoms with Crippen LogP contribution in [0.15, 0.2) is 55.0 Å². The highest BCUT2D eigenvalue weighted by Gasteiger charge is 2.20. The van der Waals surface area contributed by atoms with Crippen LogP contribution < -0.4 is 14.9 Å². The number of pyridine rings is 1. The van der Waals surface area contributed by atoms with Crippen LogP contribution in [0.25, 0.3) is 0 Å². The van der Waals surface area contributed by atoms with Gasteiger partial charge in [-0.05, 0) is 54.8 Å². The molecule has 1 aromatic carbocycles. The summed E-state index contributed by atoms with van der Waals surface area (Å²) in [6, 6.07) is 11.1. The molecule has 41 heavy (non-hydrogen) atoms. The van der Waals surface area contributed by atoms with E-state index in [0.29, 0.717) is 31.7 Å². The first-order valence-electron chi connectivity index (χ1n) is 14.0. The maximum absolute atomic E-state index is 13.1. The number of amides is 2. The minimum atomic E-state index is -3.41. The topological polar surface area (TPSA) is 130 Å². The lowest BCUT2D eigenvalue weighted by molar-refractivity contribution is -0.116. The maximum atomic E-state index is 13.1. The quantitative estimate of drug-likeness (QED) is 0.417. The molecule has 0 saturated heterocycles. The molecule has 2 aromatic heterocycles. The van der Waals surface area contributed by atoms with E-state index >= 15 is 0 Å². The fourth-order valence-corrected chi connectivity index (χ4v) is 5.51. The summed E-state index contributed by atoms with van der Waals surface area (Å²) in [5.74, 6) is -0.0124. The van der Waals surface area contributed by atoms with E-state index in [4.69, 9.17) is 0 Å². The van der Waals surface area contributed by atoms with Gasteiger partial charge in [-0.1, -0.05) is 25.3 Å². The molecule has 1 aliphatic rings.